The lowest BCUT2D eigenvalue weighted by atomic mass is 9.98. The lowest BCUT2D eigenvalue weighted by molar-refractivity contribution is 0.0678. The number of aliphatic hydroxyl groups is 2. The van der Waals surface area contributed by atoms with E-state index in [-0.39, 0.29) is 6.61 Å². The predicted octanol–water partition coefficient (Wildman–Crippen LogP) is 1.42. The van der Waals surface area contributed by atoms with E-state index in [0.29, 0.717) is 12.5 Å². The van der Waals surface area contributed by atoms with Crippen LogP contribution < -0.4 is 0 Å². The van der Waals surface area contributed by atoms with E-state index >= 15 is 0 Å². The molecule has 1 aromatic carbocycles. The Labute approximate surface area is 103 Å². The fraction of sp³-hybridized carbons (Fsp3) is 0.571. The maximum Gasteiger partial charge on any atom is 0.0916 e. The summed E-state index contributed by atoms with van der Waals surface area (Å²) in [6, 6.07) is 9.77. The van der Waals surface area contributed by atoms with Gasteiger partial charge in [-0.3, -0.25) is 0 Å². The lowest BCUT2D eigenvalue weighted by Crippen LogP contribution is -2.39. The molecule has 0 spiro atoms. The third-order valence-electron chi connectivity index (χ3n) is 3.48. The van der Waals surface area contributed by atoms with E-state index in [1.54, 1.807) is 0 Å². The predicted molar refractivity (Wildman–Crippen MR) is 67.7 cm³/mol. The monoisotopic (exact) mass is 235 g/mol. The third-order valence-corrected chi connectivity index (χ3v) is 3.48. The number of hydrogen-bond acceptors (Lipinski definition) is 3. The van der Waals surface area contributed by atoms with Gasteiger partial charge in [0.25, 0.3) is 0 Å². The van der Waals surface area contributed by atoms with Gasteiger partial charge in [-0.2, -0.15) is 0 Å². The summed E-state index contributed by atoms with van der Waals surface area (Å²) < 4.78 is 0. The maximum absolute atomic E-state index is 10.1. The Balaban J connectivity index is 1.88. The third kappa shape index (κ3) is 3.53. The van der Waals surface area contributed by atoms with E-state index in [1.807, 2.05) is 30.3 Å². The smallest absolute Gasteiger partial charge is 0.0916 e. The molecule has 1 aliphatic rings. The van der Waals surface area contributed by atoms with Crippen LogP contribution in [0.3, 0.4) is 0 Å². The first-order valence-electron chi connectivity index (χ1n) is 6.36. The normalized spacial score (nSPS) is 23.5. The minimum absolute atomic E-state index is 0.262. The second-order valence-electron chi connectivity index (χ2n) is 4.88. The van der Waals surface area contributed by atoms with E-state index in [9.17, 15) is 10.2 Å². The van der Waals surface area contributed by atoms with Gasteiger partial charge in [0.15, 0.2) is 0 Å². The van der Waals surface area contributed by atoms with Crippen molar-refractivity contribution >= 4 is 0 Å². The Morgan fingerprint density at radius 1 is 1.29 bits per heavy atom. The van der Waals surface area contributed by atoms with Gasteiger partial charge in [0, 0.05) is 19.7 Å². The molecule has 2 rings (SSSR count). The number of likely N-dealkylation sites (tertiary alicyclic amines) is 1. The SMILES string of the molecule is OC[C@@H]1CCCN(C[C@@H](O)c2ccccc2)C1. The van der Waals surface area contributed by atoms with Crippen molar-refractivity contribution in [2.45, 2.75) is 18.9 Å². The quantitative estimate of drug-likeness (QED) is 0.829. The van der Waals surface area contributed by atoms with E-state index in [2.05, 4.69) is 4.90 Å². The molecular formula is C14H21NO2. The number of hydrogen-bond donors (Lipinski definition) is 2. The summed E-state index contributed by atoms with van der Waals surface area (Å²) in [6.45, 7) is 2.86. The van der Waals surface area contributed by atoms with E-state index in [4.69, 9.17) is 0 Å². The Bertz CT molecular complexity index is 328. The average Bonchev–Trinajstić information content (AvgIpc) is 2.40. The summed E-state index contributed by atoms with van der Waals surface area (Å²) in [6.07, 6.45) is 1.80. The van der Waals surface area contributed by atoms with Crippen molar-refractivity contribution in [3.63, 3.8) is 0 Å². The molecule has 3 nitrogen and oxygen atoms in total. The van der Waals surface area contributed by atoms with Gasteiger partial charge in [-0.1, -0.05) is 30.3 Å². The van der Waals surface area contributed by atoms with Crippen LogP contribution in [0.1, 0.15) is 24.5 Å². The number of nitrogens with zero attached hydrogens (tertiary/aromatic N) is 1. The molecule has 94 valence electrons. The molecule has 1 aliphatic heterocycles. The van der Waals surface area contributed by atoms with Gasteiger partial charge in [-0.05, 0) is 30.9 Å². The van der Waals surface area contributed by atoms with Gasteiger partial charge >= 0.3 is 0 Å². The van der Waals surface area contributed by atoms with Crippen molar-refractivity contribution in [1.29, 1.82) is 0 Å². The first kappa shape index (κ1) is 12.6. The van der Waals surface area contributed by atoms with E-state index in [0.717, 1.165) is 31.5 Å². The number of β-amino-alcohol motifs (C(OH)–C–C–N with tert-alkyl or cyclic N) is 1. The second-order valence-corrected chi connectivity index (χ2v) is 4.88. The van der Waals surface area contributed by atoms with Gasteiger partial charge in [0.05, 0.1) is 6.10 Å². The summed E-state index contributed by atoms with van der Waals surface area (Å²) in [5.74, 6) is 0.381. The highest BCUT2D eigenvalue weighted by Gasteiger charge is 2.21. The molecule has 3 heteroatoms. The fourth-order valence-electron chi connectivity index (χ4n) is 2.49. The van der Waals surface area contributed by atoms with Crippen LogP contribution >= 0.6 is 0 Å². The maximum atomic E-state index is 10.1. The largest absolute Gasteiger partial charge is 0.396 e. The van der Waals surface area contributed by atoms with Crippen LogP contribution in [0.15, 0.2) is 30.3 Å². The summed E-state index contributed by atoms with van der Waals surface area (Å²) in [4.78, 5) is 2.25. The first-order valence-corrected chi connectivity index (χ1v) is 6.36. The van der Waals surface area contributed by atoms with Crippen LogP contribution in [0, 0.1) is 5.92 Å². The molecule has 2 N–H and O–H groups in total. The molecule has 17 heavy (non-hydrogen) atoms. The van der Waals surface area contributed by atoms with Crippen LogP contribution in [0.25, 0.3) is 0 Å². The highest BCUT2D eigenvalue weighted by Crippen LogP contribution is 2.19. The van der Waals surface area contributed by atoms with Gasteiger partial charge in [-0.25, -0.2) is 0 Å². The Kier molecular flexibility index (Phi) is 4.54. The molecule has 1 fully saturated rings. The molecule has 0 saturated carbocycles. The Morgan fingerprint density at radius 2 is 2.06 bits per heavy atom. The molecule has 1 aromatic rings. The number of piperidine rings is 1. The van der Waals surface area contributed by atoms with Crippen molar-refractivity contribution in [2.75, 3.05) is 26.2 Å². The molecule has 0 aromatic heterocycles. The van der Waals surface area contributed by atoms with Gasteiger partial charge in [-0.15, -0.1) is 0 Å². The van der Waals surface area contributed by atoms with Crippen LogP contribution in [0.4, 0.5) is 0 Å². The van der Waals surface area contributed by atoms with Crippen molar-refractivity contribution in [3.05, 3.63) is 35.9 Å². The number of aliphatic hydroxyl groups excluding tert-OH is 2. The summed E-state index contributed by atoms with van der Waals surface area (Å²) in [5.41, 5.74) is 0.971. The number of benzene rings is 1. The summed E-state index contributed by atoms with van der Waals surface area (Å²) >= 11 is 0. The molecular weight excluding hydrogens is 214 g/mol. The average molecular weight is 235 g/mol. The van der Waals surface area contributed by atoms with Gasteiger partial charge < -0.3 is 15.1 Å². The Hall–Kier alpha value is -0.900. The summed E-state index contributed by atoms with van der Waals surface area (Å²) in [7, 11) is 0. The topological polar surface area (TPSA) is 43.7 Å². The zero-order valence-electron chi connectivity index (χ0n) is 10.1. The van der Waals surface area contributed by atoms with Gasteiger partial charge in [0.1, 0.15) is 0 Å². The van der Waals surface area contributed by atoms with Crippen LogP contribution in [-0.4, -0.2) is 41.4 Å². The molecule has 2 atom stereocenters. The van der Waals surface area contributed by atoms with Crippen molar-refractivity contribution in [3.8, 4) is 0 Å². The van der Waals surface area contributed by atoms with E-state index in [1.165, 1.54) is 0 Å². The molecule has 0 amide bonds. The highest BCUT2D eigenvalue weighted by atomic mass is 16.3. The van der Waals surface area contributed by atoms with Gasteiger partial charge in [0.2, 0.25) is 0 Å². The number of rotatable bonds is 4. The van der Waals surface area contributed by atoms with Crippen molar-refractivity contribution < 1.29 is 10.2 Å². The Morgan fingerprint density at radius 3 is 2.76 bits per heavy atom. The first-order chi connectivity index (χ1) is 8.29. The van der Waals surface area contributed by atoms with Crippen LogP contribution in [0.5, 0.6) is 0 Å². The molecule has 1 heterocycles. The lowest BCUT2D eigenvalue weighted by Gasteiger charge is -2.33. The highest BCUT2D eigenvalue weighted by molar-refractivity contribution is 5.17. The zero-order valence-corrected chi connectivity index (χ0v) is 10.1. The molecule has 1 saturated heterocycles. The standard InChI is InChI=1S/C14H21NO2/c16-11-12-5-4-8-15(9-12)10-14(17)13-6-2-1-3-7-13/h1-3,6-7,12,14,16-17H,4-5,8-11H2/t12-,14-/m1/s1. The van der Waals surface area contributed by atoms with Crippen LogP contribution in [0.2, 0.25) is 0 Å². The van der Waals surface area contributed by atoms with Crippen molar-refractivity contribution in [2.24, 2.45) is 5.92 Å². The zero-order chi connectivity index (χ0) is 12.1. The fourth-order valence-corrected chi connectivity index (χ4v) is 2.49. The summed E-state index contributed by atoms with van der Waals surface area (Å²) in [5, 5.41) is 19.3. The van der Waals surface area contributed by atoms with Crippen molar-refractivity contribution in [1.82, 2.24) is 4.90 Å². The minimum Gasteiger partial charge on any atom is -0.396 e. The molecule has 0 bridgehead atoms. The van der Waals surface area contributed by atoms with Crippen LogP contribution in [-0.2, 0) is 0 Å². The minimum atomic E-state index is -0.423. The molecule has 0 aliphatic carbocycles. The second kappa shape index (κ2) is 6.15. The van der Waals surface area contributed by atoms with E-state index < -0.39 is 6.10 Å². The molecule has 0 radical (unpaired) electrons. The molecule has 0 unspecified atom stereocenters.